The third-order valence-corrected chi connectivity index (χ3v) is 13.3. The van der Waals surface area contributed by atoms with Gasteiger partial charge in [-0.25, -0.2) is 9.97 Å². The van der Waals surface area contributed by atoms with Crippen LogP contribution in [-0.4, -0.2) is 48.5 Å². The van der Waals surface area contributed by atoms with Crippen LogP contribution in [0.2, 0.25) is 0 Å². The van der Waals surface area contributed by atoms with E-state index in [4.69, 9.17) is 18.9 Å². The minimum atomic E-state index is -0.377. The van der Waals surface area contributed by atoms with E-state index in [1.807, 2.05) is 18.0 Å². The SMILES string of the molecule is CC1(C)COC2(CCC3=C4[C@@H](CC[C@H]3C2)[C@@H]2CCC(CCCOC3CCCCO3)[C@]2(C)C[C@@H]4c2ccc(-c3cncnc3)cc2)OC1. The minimum absolute atomic E-state index is 0.0232. The lowest BCUT2D eigenvalue weighted by atomic mass is 9.50. The maximum Gasteiger partial charge on any atom is 0.169 e. The number of aromatic nitrogens is 2. The molecule has 4 aliphatic carbocycles. The molecule has 7 atom stereocenters. The van der Waals surface area contributed by atoms with Crippen molar-refractivity contribution >= 4 is 0 Å². The highest BCUT2D eigenvalue weighted by molar-refractivity contribution is 5.62. The van der Waals surface area contributed by atoms with Gasteiger partial charge in [0.05, 0.1) is 13.2 Å². The number of fused-ring (bicyclic) bond motifs is 4. The standard InChI is InChI=1S/C41H56N2O4/c1-39(2)25-46-41(47-26-39)18-17-33-30(21-41)13-15-34-36-16-14-32(7-6-20-45-37-8-4-5-19-44-37)40(36,3)22-35(38(33)34)29-11-9-28(10-12-29)31-23-42-27-43-24-31/h9-12,23-24,27,30,32,34-37H,4-8,13-22,25-26H2,1-3H3/t30-,32?,34-,35+,36-,37?,40-/m0/s1. The highest BCUT2D eigenvalue weighted by Crippen LogP contribution is 2.67. The predicted molar refractivity (Wildman–Crippen MR) is 183 cm³/mol. The van der Waals surface area contributed by atoms with Gasteiger partial charge in [0.25, 0.3) is 0 Å². The van der Waals surface area contributed by atoms with Gasteiger partial charge in [0.15, 0.2) is 12.1 Å². The van der Waals surface area contributed by atoms with Crippen molar-refractivity contribution in [3.63, 3.8) is 0 Å². The molecule has 6 nitrogen and oxygen atoms in total. The first kappa shape index (κ1) is 32.1. The Bertz CT molecular complexity index is 1410. The molecular weight excluding hydrogens is 584 g/mol. The van der Waals surface area contributed by atoms with E-state index in [9.17, 15) is 0 Å². The number of rotatable bonds is 7. The van der Waals surface area contributed by atoms with E-state index in [1.165, 1.54) is 62.5 Å². The highest BCUT2D eigenvalue weighted by Gasteiger charge is 2.57. The second kappa shape index (κ2) is 13.0. The number of allylic oxidation sites excluding steroid dienone is 2. The summed E-state index contributed by atoms with van der Waals surface area (Å²) in [4.78, 5) is 8.54. The molecule has 254 valence electrons. The molecule has 2 saturated heterocycles. The summed E-state index contributed by atoms with van der Waals surface area (Å²) in [5.41, 5.74) is 7.83. The van der Waals surface area contributed by atoms with Gasteiger partial charge in [-0.2, -0.15) is 0 Å². The second-order valence-corrected chi connectivity index (χ2v) is 16.9. The Balaban J connectivity index is 1.07. The Morgan fingerprint density at radius 2 is 1.68 bits per heavy atom. The van der Waals surface area contributed by atoms with Crippen molar-refractivity contribution < 1.29 is 18.9 Å². The molecule has 2 aliphatic heterocycles. The summed E-state index contributed by atoms with van der Waals surface area (Å²) < 4.78 is 25.2. The average Bonchev–Trinajstić information content (AvgIpc) is 3.44. The van der Waals surface area contributed by atoms with Gasteiger partial charge in [0, 0.05) is 55.3 Å². The van der Waals surface area contributed by atoms with Crippen molar-refractivity contribution in [2.75, 3.05) is 26.4 Å². The average molecular weight is 641 g/mol. The smallest absolute Gasteiger partial charge is 0.169 e. The van der Waals surface area contributed by atoms with Crippen molar-refractivity contribution in [1.82, 2.24) is 9.97 Å². The van der Waals surface area contributed by atoms with Crippen molar-refractivity contribution in [1.29, 1.82) is 0 Å². The topological polar surface area (TPSA) is 62.7 Å². The molecule has 0 amide bonds. The largest absolute Gasteiger partial charge is 0.353 e. The van der Waals surface area contributed by atoms with E-state index in [0.29, 0.717) is 23.2 Å². The summed E-state index contributed by atoms with van der Waals surface area (Å²) in [5.74, 6) is 2.93. The number of hydrogen-bond donors (Lipinski definition) is 0. The van der Waals surface area contributed by atoms with Crippen LogP contribution in [0.5, 0.6) is 0 Å². The molecular formula is C41H56N2O4. The Morgan fingerprint density at radius 1 is 0.872 bits per heavy atom. The van der Waals surface area contributed by atoms with Crippen LogP contribution >= 0.6 is 0 Å². The van der Waals surface area contributed by atoms with E-state index in [1.54, 1.807) is 11.9 Å². The molecule has 3 heterocycles. The predicted octanol–water partition coefficient (Wildman–Crippen LogP) is 9.26. The summed E-state index contributed by atoms with van der Waals surface area (Å²) in [5, 5.41) is 0. The zero-order valence-corrected chi connectivity index (χ0v) is 29.1. The van der Waals surface area contributed by atoms with Gasteiger partial charge in [0.1, 0.15) is 6.33 Å². The van der Waals surface area contributed by atoms with Crippen LogP contribution in [0.3, 0.4) is 0 Å². The normalized spacial score (nSPS) is 36.1. The Hall–Kier alpha value is -2.12. The molecule has 0 N–H and O–H groups in total. The van der Waals surface area contributed by atoms with Crippen LogP contribution < -0.4 is 0 Å². The highest BCUT2D eigenvalue weighted by atomic mass is 16.7. The van der Waals surface area contributed by atoms with Gasteiger partial charge >= 0.3 is 0 Å². The van der Waals surface area contributed by atoms with Gasteiger partial charge < -0.3 is 18.9 Å². The first-order chi connectivity index (χ1) is 22.8. The molecule has 0 radical (unpaired) electrons. The van der Waals surface area contributed by atoms with E-state index in [2.05, 4.69) is 55.0 Å². The molecule has 5 fully saturated rings. The number of hydrogen-bond acceptors (Lipinski definition) is 6. The summed E-state index contributed by atoms with van der Waals surface area (Å²) >= 11 is 0. The number of ether oxygens (including phenoxy) is 4. The summed E-state index contributed by atoms with van der Waals surface area (Å²) in [6.07, 6.45) is 21.1. The summed E-state index contributed by atoms with van der Waals surface area (Å²) in [6.45, 7) is 10.5. The Kier molecular flexibility index (Phi) is 8.86. The molecule has 47 heavy (non-hydrogen) atoms. The van der Waals surface area contributed by atoms with Gasteiger partial charge in [-0.15, -0.1) is 0 Å². The fourth-order valence-corrected chi connectivity index (χ4v) is 10.8. The zero-order valence-electron chi connectivity index (χ0n) is 29.1. The van der Waals surface area contributed by atoms with E-state index in [0.717, 1.165) is 75.9 Å². The summed E-state index contributed by atoms with van der Waals surface area (Å²) in [6, 6.07) is 9.46. The lowest BCUT2D eigenvalue weighted by Gasteiger charge is -2.55. The molecule has 1 spiro atoms. The van der Waals surface area contributed by atoms with Gasteiger partial charge in [0.2, 0.25) is 0 Å². The van der Waals surface area contributed by atoms with Crippen molar-refractivity contribution in [2.45, 2.75) is 122 Å². The van der Waals surface area contributed by atoms with Crippen molar-refractivity contribution in [2.24, 2.45) is 34.5 Å². The lowest BCUT2D eigenvalue weighted by Crippen LogP contribution is -2.51. The molecule has 3 saturated carbocycles. The summed E-state index contributed by atoms with van der Waals surface area (Å²) in [7, 11) is 0. The lowest BCUT2D eigenvalue weighted by molar-refractivity contribution is -0.312. The van der Waals surface area contributed by atoms with Gasteiger partial charge in [-0.05, 0) is 111 Å². The van der Waals surface area contributed by atoms with Crippen LogP contribution in [-0.2, 0) is 18.9 Å². The van der Waals surface area contributed by atoms with Crippen LogP contribution in [0.15, 0.2) is 54.1 Å². The van der Waals surface area contributed by atoms with Crippen molar-refractivity contribution in [3.05, 3.63) is 59.7 Å². The van der Waals surface area contributed by atoms with E-state index < -0.39 is 0 Å². The number of nitrogens with zero attached hydrogens (tertiary/aromatic N) is 2. The first-order valence-electron chi connectivity index (χ1n) is 18.9. The van der Waals surface area contributed by atoms with Gasteiger partial charge in [-0.1, -0.05) is 56.2 Å². The molecule has 2 unspecified atom stereocenters. The van der Waals surface area contributed by atoms with Gasteiger partial charge in [-0.3, -0.25) is 0 Å². The number of benzene rings is 1. The van der Waals surface area contributed by atoms with Crippen LogP contribution in [0, 0.1) is 34.5 Å². The monoisotopic (exact) mass is 640 g/mol. The zero-order chi connectivity index (χ0) is 32.1. The minimum Gasteiger partial charge on any atom is -0.353 e. The van der Waals surface area contributed by atoms with Crippen LogP contribution in [0.25, 0.3) is 11.1 Å². The third kappa shape index (κ3) is 6.26. The molecule has 2 aromatic rings. The molecule has 1 aromatic heterocycles. The van der Waals surface area contributed by atoms with E-state index >= 15 is 0 Å². The molecule has 0 bridgehead atoms. The van der Waals surface area contributed by atoms with Crippen LogP contribution in [0.1, 0.15) is 116 Å². The fraction of sp³-hybridized carbons (Fsp3) is 0.707. The maximum absolute atomic E-state index is 6.59. The molecule has 6 aliphatic rings. The van der Waals surface area contributed by atoms with Crippen LogP contribution in [0.4, 0.5) is 0 Å². The molecule has 6 heteroatoms. The van der Waals surface area contributed by atoms with E-state index in [-0.39, 0.29) is 17.5 Å². The Labute approximate surface area is 282 Å². The Morgan fingerprint density at radius 3 is 2.45 bits per heavy atom. The second-order valence-electron chi connectivity index (χ2n) is 16.9. The first-order valence-corrected chi connectivity index (χ1v) is 18.9. The third-order valence-electron chi connectivity index (χ3n) is 13.3. The van der Waals surface area contributed by atoms with Crippen molar-refractivity contribution in [3.8, 4) is 11.1 Å². The molecule has 1 aromatic carbocycles. The fourth-order valence-electron chi connectivity index (χ4n) is 10.8. The maximum atomic E-state index is 6.59. The quantitative estimate of drug-likeness (QED) is 0.222. The molecule has 8 rings (SSSR count).